The summed E-state index contributed by atoms with van der Waals surface area (Å²) in [5.41, 5.74) is 0. The van der Waals surface area contributed by atoms with Gasteiger partial charge in [0.1, 0.15) is 0 Å². The predicted octanol–water partition coefficient (Wildman–Crippen LogP) is 1.02. The molecule has 80 valence electrons. The molecular formula is C10H17NO3. The first-order chi connectivity index (χ1) is 6.70. The topological polar surface area (TPSA) is 55.4 Å². The molecule has 0 radical (unpaired) electrons. The summed E-state index contributed by atoms with van der Waals surface area (Å²) in [6.45, 7) is 4.87. The second kappa shape index (κ2) is 8.29. The highest BCUT2D eigenvalue weighted by atomic mass is 16.5. The van der Waals surface area contributed by atoms with Crippen molar-refractivity contribution in [2.24, 2.45) is 0 Å². The van der Waals surface area contributed by atoms with E-state index in [4.69, 9.17) is 4.74 Å². The van der Waals surface area contributed by atoms with E-state index < -0.39 is 5.97 Å². The maximum atomic E-state index is 11.0. The maximum absolute atomic E-state index is 11.0. The number of carbonyl (C=O) groups excluding carboxylic acids is 2. The third-order valence-corrected chi connectivity index (χ3v) is 1.37. The van der Waals surface area contributed by atoms with Crippen LogP contribution in [-0.4, -0.2) is 25.0 Å². The fraction of sp³-hybridized carbons (Fsp3) is 0.600. The molecule has 0 fully saturated rings. The van der Waals surface area contributed by atoms with Crippen molar-refractivity contribution in [3.05, 3.63) is 12.2 Å². The van der Waals surface area contributed by atoms with Gasteiger partial charge in [-0.15, -0.1) is 0 Å². The second-order valence-corrected chi connectivity index (χ2v) is 2.79. The van der Waals surface area contributed by atoms with Crippen molar-refractivity contribution in [3.63, 3.8) is 0 Å². The summed E-state index contributed by atoms with van der Waals surface area (Å²) in [6, 6.07) is 0. The molecule has 0 saturated carbocycles. The molecule has 0 aromatic heterocycles. The molecule has 0 unspecified atom stereocenters. The van der Waals surface area contributed by atoms with E-state index in [0.29, 0.717) is 13.2 Å². The SMILES string of the molecule is CCCNC(=O)C=CC(=O)OCCC. The molecule has 0 bridgehead atoms. The summed E-state index contributed by atoms with van der Waals surface area (Å²) in [4.78, 5) is 21.9. The third-order valence-electron chi connectivity index (χ3n) is 1.37. The first-order valence-corrected chi connectivity index (χ1v) is 4.83. The number of carbonyl (C=O) groups is 2. The highest BCUT2D eigenvalue weighted by Gasteiger charge is 1.97. The van der Waals surface area contributed by atoms with Gasteiger partial charge >= 0.3 is 5.97 Å². The van der Waals surface area contributed by atoms with Crippen LogP contribution in [0.4, 0.5) is 0 Å². The van der Waals surface area contributed by atoms with Crippen molar-refractivity contribution in [3.8, 4) is 0 Å². The van der Waals surface area contributed by atoms with E-state index in [1.54, 1.807) is 0 Å². The monoisotopic (exact) mass is 199 g/mol. The average Bonchev–Trinajstić information content (AvgIpc) is 2.20. The molecule has 0 atom stereocenters. The normalized spacial score (nSPS) is 10.1. The van der Waals surface area contributed by atoms with Crippen molar-refractivity contribution in [1.29, 1.82) is 0 Å². The van der Waals surface area contributed by atoms with Crippen LogP contribution in [0.25, 0.3) is 0 Å². The van der Waals surface area contributed by atoms with Gasteiger partial charge in [0.15, 0.2) is 0 Å². The van der Waals surface area contributed by atoms with Gasteiger partial charge < -0.3 is 10.1 Å². The summed E-state index contributed by atoms with van der Waals surface area (Å²) in [7, 11) is 0. The van der Waals surface area contributed by atoms with E-state index in [0.717, 1.165) is 18.9 Å². The van der Waals surface area contributed by atoms with E-state index in [2.05, 4.69) is 5.32 Å². The zero-order valence-corrected chi connectivity index (χ0v) is 8.71. The molecule has 0 heterocycles. The van der Waals surface area contributed by atoms with Gasteiger partial charge in [-0.25, -0.2) is 4.79 Å². The van der Waals surface area contributed by atoms with Crippen molar-refractivity contribution in [1.82, 2.24) is 5.32 Å². The quantitative estimate of drug-likeness (QED) is 0.513. The number of amides is 1. The molecule has 4 nitrogen and oxygen atoms in total. The molecule has 14 heavy (non-hydrogen) atoms. The number of nitrogens with one attached hydrogen (secondary N) is 1. The number of rotatable bonds is 6. The molecule has 0 rings (SSSR count). The number of hydrogen-bond donors (Lipinski definition) is 1. The first kappa shape index (κ1) is 12.7. The second-order valence-electron chi connectivity index (χ2n) is 2.79. The minimum atomic E-state index is -0.474. The van der Waals surface area contributed by atoms with Crippen LogP contribution >= 0.6 is 0 Å². The van der Waals surface area contributed by atoms with Crippen LogP contribution in [0.1, 0.15) is 26.7 Å². The van der Waals surface area contributed by atoms with Crippen molar-refractivity contribution in [2.45, 2.75) is 26.7 Å². The average molecular weight is 199 g/mol. The summed E-state index contributed by atoms with van der Waals surface area (Å²) >= 11 is 0. The van der Waals surface area contributed by atoms with E-state index >= 15 is 0 Å². The molecule has 4 heteroatoms. The van der Waals surface area contributed by atoms with Crippen LogP contribution in [0.2, 0.25) is 0 Å². The molecule has 0 spiro atoms. The Kier molecular flexibility index (Phi) is 7.50. The van der Waals surface area contributed by atoms with E-state index in [1.807, 2.05) is 13.8 Å². The van der Waals surface area contributed by atoms with Gasteiger partial charge in [-0.3, -0.25) is 4.79 Å². The van der Waals surface area contributed by atoms with E-state index in [9.17, 15) is 9.59 Å². The van der Waals surface area contributed by atoms with Crippen molar-refractivity contribution < 1.29 is 14.3 Å². The molecule has 0 aromatic carbocycles. The molecule has 1 N–H and O–H groups in total. The molecular weight excluding hydrogens is 182 g/mol. The molecule has 0 aromatic rings. The lowest BCUT2D eigenvalue weighted by Crippen LogP contribution is -2.21. The lowest BCUT2D eigenvalue weighted by atomic mass is 10.4. The van der Waals surface area contributed by atoms with Gasteiger partial charge in [0.2, 0.25) is 5.91 Å². The van der Waals surface area contributed by atoms with Crippen LogP contribution in [0, 0.1) is 0 Å². The smallest absolute Gasteiger partial charge is 0.330 e. The molecule has 0 aliphatic rings. The number of hydrogen-bond acceptors (Lipinski definition) is 3. The Morgan fingerprint density at radius 2 is 1.93 bits per heavy atom. The Labute approximate surface area is 84.3 Å². The summed E-state index contributed by atoms with van der Waals surface area (Å²) < 4.78 is 4.74. The Balaban J connectivity index is 3.68. The summed E-state index contributed by atoms with van der Waals surface area (Å²) in [5.74, 6) is -0.737. The highest BCUT2D eigenvalue weighted by Crippen LogP contribution is 1.85. The fourth-order valence-corrected chi connectivity index (χ4v) is 0.702. The van der Waals surface area contributed by atoms with Gasteiger partial charge in [0.05, 0.1) is 6.61 Å². The molecule has 0 aliphatic heterocycles. The van der Waals surface area contributed by atoms with Gasteiger partial charge in [0.25, 0.3) is 0 Å². The van der Waals surface area contributed by atoms with Crippen molar-refractivity contribution >= 4 is 11.9 Å². The third kappa shape index (κ3) is 7.34. The Morgan fingerprint density at radius 1 is 1.21 bits per heavy atom. The van der Waals surface area contributed by atoms with Crippen LogP contribution in [-0.2, 0) is 14.3 Å². The number of esters is 1. The summed E-state index contributed by atoms with van der Waals surface area (Å²) in [5, 5.41) is 2.61. The zero-order valence-electron chi connectivity index (χ0n) is 8.71. The van der Waals surface area contributed by atoms with Crippen LogP contribution in [0.15, 0.2) is 12.2 Å². The van der Waals surface area contributed by atoms with Crippen LogP contribution in [0.3, 0.4) is 0 Å². The number of ether oxygens (including phenoxy) is 1. The highest BCUT2D eigenvalue weighted by molar-refractivity contribution is 5.94. The minimum Gasteiger partial charge on any atom is -0.463 e. The largest absolute Gasteiger partial charge is 0.463 e. The Hall–Kier alpha value is -1.32. The fourth-order valence-electron chi connectivity index (χ4n) is 0.702. The Morgan fingerprint density at radius 3 is 2.50 bits per heavy atom. The lowest BCUT2D eigenvalue weighted by molar-refractivity contribution is -0.138. The van der Waals surface area contributed by atoms with E-state index in [1.165, 1.54) is 6.08 Å². The first-order valence-electron chi connectivity index (χ1n) is 4.83. The Bertz CT molecular complexity index is 189. The molecule has 0 saturated heterocycles. The van der Waals surface area contributed by atoms with Gasteiger partial charge in [-0.2, -0.15) is 0 Å². The van der Waals surface area contributed by atoms with Crippen LogP contribution < -0.4 is 5.32 Å². The maximum Gasteiger partial charge on any atom is 0.330 e. The molecule has 0 aliphatic carbocycles. The molecule has 1 amide bonds. The van der Waals surface area contributed by atoms with Gasteiger partial charge in [-0.05, 0) is 12.8 Å². The summed E-state index contributed by atoms with van der Waals surface area (Å²) in [6.07, 6.45) is 3.98. The van der Waals surface area contributed by atoms with Crippen LogP contribution in [0.5, 0.6) is 0 Å². The predicted molar refractivity (Wildman–Crippen MR) is 53.7 cm³/mol. The van der Waals surface area contributed by atoms with Gasteiger partial charge in [-0.1, -0.05) is 13.8 Å². The lowest BCUT2D eigenvalue weighted by Gasteiger charge is -1.98. The van der Waals surface area contributed by atoms with Gasteiger partial charge in [0, 0.05) is 18.7 Å². The van der Waals surface area contributed by atoms with E-state index in [-0.39, 0.29) is 5.91 Å². The minimum absolute atomic E-state index is 0.264. The van der Waals surface area contributed by atoms with Crippen molar-refractivity contribution in [2.75, 3.05) is 13.2 Å². The standard InChI is InChI=1S/C10H17NO3/c1-3-7-11-9(12)5-6-10(13)14-8-4-2/h5-6H,3-4,7-8H2,1-2H3,(H,11,12). The zero-order chi connectivity index (χ0) is 10.8.